The van der Waals surface area contributed by atoms with E-state index in [-0.39, 0.29) is 17.9 Å². The fourth-order valence-corrected chi connectivity index (χ4v) is 3.53. The van der Waals surface area contributed by atoms with E-state index in [9.17, 15) is 9.59 Å². The summed E-state index contributed by atoms with van der Waals surface area (Å²) in [5.41, 5.74) is 0.328. The molecule has 2 amide bonds. The Labute approximate surface area is 149 Å². The van der Waals surface area contributed by atoms with Crippen molar-refractivity contribution in [1.82, 2.24) is 10.6 Å². The molecule has 0 aromatic heterocycles. The second-order valence-electron chi connectivity index (χ2n) is 7.24. The van der Waals surface area contributed by atoms with Crippen LogP contribution in [-0.2, 0) is 16.0 Å². The lowest BCUT2D eigenvalue weighted by Crippen LogP contribution is -2.47. The van der Waals surface area contributed by atoms with Crippen LogP contribution in [0, 0.1) is 5.41 Å². The molecule has 2 saturated carbocycles. The van der Waals surface area contributed by atoms with Gasteiger partial charge in [0.05, 0.1) is 7.11 Å². The number of hydrogen-bond donors (Lipinski definition) is 2. The molecule has 0 aliphatic heterocycles. The first-order chi connectivity index (χ1) is 12.1. The zero-order chi connectivity index (χ0) is 17.7. The summed E-state index contributed by atoms with van der Waals surface area (Å²) in [4.78, 5) is 25.1. The molecule has 5 nitrogen and oxygen atoms in total. The first-order valence-electron chi connectivity index (χ1n) is 9.36. The molecule has 2 N–H and O–H groups in total. The lowest BCUT2D eigenvalue weighted by molar-refractivity contribution is -0.137. The van der Waals surface area contributed by atoms with Crippen molar-refractivity contribution in [3.63, 3.8) is 0 Å². The lowest BCUT2D eigenvalue weighted by Gasteiger charge is -2.25. The minimum atomic E-state index is -0.808. The van der Waals surface area contributed by atoms with E-state index in [4.69, 9.17) is 4.74 Å². The van der Waals surface area contributed by atoms with E-state index >= 15 is 0 Å². The smallest absolute Gasteiger partial charge is 0.235 e. The Hall–Kier alpha value is -2.04. The number of benzene rings is 1. The van der Waals surface area contributed by atoms with Gasteiger partial charge in [-0.1, -0.05) is 31.4 Å². The average Bonchev–Trinajstić information content (AvgIpc) is 3.45. The molecular weight excluding hydrogens is 316 g/mol. The topological polar surface area (TPSA) is 67.4 Å². The van der Waals surface area contributed by atoms with Crippen LogP contribution in [0.4, 0.5) is 0 Å². The molecule has 2 aliphatic rings. The summed E-state index contributed by atoms with van der Waals surface area (Å²) in [7, 11) is 1.64. The minimum absolute atomic E-state index is 0.0682. The second-order valence-corrected chi connectivity index (χ2v) is 7.24. The third-order valence-electron chi connectivity index (χ3n) is 5.42. The summed E-state index contributed by atoms with van der Waals surface area (Å²) >= 11 is 0. The fourth-order valence-electron chi connectivity index (χ4n) is 3.53. The number of ether oxygens (including phenoxy) is 1. The van der Waals surface area contributed by atoms with Crippen molar-refractivity contribution in [3.05, 3.63) is 29.8 Å². The molecule has 0 bridgehead atoms. The SMILES string of the molecule is COc1ccc(CCNC(=O)C2(C(=O)NC3CCCCC3)CC2)cc1. The predicted octanol–water partition coefficient (Wildman–Crippen LogP) is 2.58. The third kappa shape index (κ3) is 4.33. The molecule has 25 heavy (non-hydrogen) atoms. The van der Waals surface area contributed by atoms with Crippen LogP contribution in [0.25, 0.3) is 0 Å². The molecule has 5 heteroatoms. The van der Waals surface area contributed by atoms with Crippen molar-refractivity contribution in [3.8, 4) is 5.75 Å². The van der Waals surface area contributed by atoms with E-state index in [1.54, 1.807) is 7.11 Å². The Morgan fingerprint density at radius 1 is 1.08 bits per heavy atom. The maximum absolute atomic E-state index is 12.6. The van der Waals surface area contributed by atoms with Gasteiger partial charge in [0.2, 0.25) is 11.8 Å². The van der Waals surface area contributed by atoms with Gasteiger partial charge in [0.1, 0.15) is 11.2 Å². The highest BCUT2D eigenvalue weighted by atomic mass is 16.5. The van der Waals surface area contributed by atoms with Crippen LogP contribution in [-0.4, -0.2) is 31.5 Å². The molecule has 136 valence electrons. The summed E-state index contributed by atoms with van der Waals surface area (Å²) in [5, 5.41) is 6.06. The van der Waals surface area contributed by atoms with Gasteiger partial charge < -0.3 is 15.4 Å². The highest BCUT2D eigenvalue weighted by Gasteiger charge is 2.56. The van der Waals surface area contributed by atoms with Gasteiger partial charge >= 0.3 is 0 Å². The summed E-state index contributed by atoms with van der Waals surface area (Å²) in [6.45, 7) is 0.545. The third-order valence-corrected chi connectivity index (χ3v) is 5.42. The van der Waals surface area contributed by atoms with Crippen molar-refractivity contribution in [1.29, 1.82) is 0 Å². The average molecular weight is 344 g/mol. The number of methoxy groups -OCH3 is 1. The van der Waals surface area contributed by atoms with Crippen LogP contribution in [0.1, 0.15) is 50.5 Å². The van der Waals surface area contributed by atoms with Crippen LogP contribution in [0.2, 0.25) is 0 Å². The normalized spacial score (nSPS) is 19.1. The van der Waals surface area contributed by atoms with Crippen LogP contribution >= 0.6 is 0 Å². The van der Waals surface area contributed by atoms with E-state index in [2.05, 4.69) is 10.6 Å². The second kappa shape index (κ2) is 7.89. The van der Waals surface area contributed by atoms with Gasteiger partial charge in [-0.25, -0.2) is 0 Å². The van der Waals surface area contributed by atoms with Crippen LogP contribution in [0.15, 0.2) is 24.3 Å². The van der Waals surface area contributed by atoms with E-state index in [1.807, 2.05) is 24.3 Å². The molecule has 1 aromatic rings. The Morgan fingerprint density at radius 2 is 1.76 bits per heavy atom. The predicted molar refractivity (Wildman–Crippen MR) is 96.4 cm³/mol. The summed E-state index contributed by atoms with van der Waals surface area (Å²) in [6, 6.07) is 8.07. The highest BCUT2D eigenvalue weighted by molar-refractivity contribution is 6.07. The van der Waals surface area contributed by atoms with E-state index in [0.717, 1.165) is 30.6 Å². The van der Waals surface area contributed by atoms with Gasteiger partial charge in [-0.15, -0.1) is 0 Å². The maximum Gasteiger partial charge on any atom is 0.235 e. The number of carbonyl (C=O) groups excluding carboxylic acids is 2. The quantitative estimate of drug-likeness (QED) is 0.747. The molecule has 1 aromatic carbocycles. The lowest BCUT2D eigenvalue weighted by atomic mass is 9.94. The zero-order valence-corrected chi connectivity index (χ0v) is 15.0. The first kappa shape index (κ1) is 17.8. The molecule has 2 aliphatic carbocycles. The van der Waals surface area contributed by atoms with Gasteiger partial charge in [-0.3, -0.25) is 9.59 Å². The highest BCUT2D eigenvalue weighted by Crippen LogP contribution is 2.46. The molecule has 3 rings (SSSR count). The Kier molecular flexibility index (Phi) is 5.61. The molecular formula is C20H28N2O3. The van der Waals surface area contributed by atoms with Gasteiger partial charge in [0, 0.05) is 12.6 Å². The number of rotatable bonds is 7. The first-order valence-corrected chi connectivity index (χ1v) is 9.36. The number of amides is 2. The van der Waals surface area contributed by atoms with Crippen molar-refractivity contribution >= 4 is 11.8 Å². The summed E-state index contributed by atoms with van der Waals surface area (Å²) in [6.07, 6.45) is 7.76. The Balaban J connectivity index is 1.45. The molecule has 0 atom stereocenters. The van der Waals surface area contributed by atoms with E-state index < -0.39 is 5.41 Å². The monoisotopic (exact) mass is 344 g/mol. The molecule has 0 unspecified atom stereocenters. The molecule has 0 saturated heterocycles. The van der Waals surface area contributed by atoms with Crippen LogP contribution in [0.5, 0.6) is 5.75 Å². The molecule has 0 heterocycles. The molecule has 0 spiro atoms. The van der Waals surface area contributed by atoms with Crippen molar-refractivity contribution in [2.75, 3.05) is 13.7 Å². The van der Waals surface area contributed by atoms with Crippen molar-refractivity contribution < 1.29 is 14.3 Å². The van der Waals surface area contributed by atoms with E-state index in [1.165, 1.54) is 19.3 Å². The van der Waals surface area contributed by atoms with Crippen molar-refractivity contribution in [2.45, 2.75) is 57.4 Å². The molecule has 0 radical (unpaired) electrons. The summed E-state index contributed by atoms with van der Waals surface area (Å²) < 4.78 is 5.14. The maximum atomic E-state index is 12.6. The standard InChI is InChI=1S/C20H28N2O3/c1-25-17-9-7-15(8-10-17)11-14-21-18(23)20(12-13-20)19(24)22-16-5-3-2-4-6-16/h7-10,16H,2-6,11-14H2,1H3,(H,21,23)(H,22,24). The zero-order valence-electron chi connectivity index (χ0n) is 15.0. The van der Waals surface area contributed by atoms with E-state index in [0.29, 0.717) is 19.4 Å². The van der Waals surface area contributed by atoms with Crippen molar-refractivity contribution in [2.24, 2.45) is 5.41 Å². The molecule has 2 fully saturated rings. The minimum Gasteiger partial charge on any atom is -0.497 e. The van der Waals surface area contributed by atoms with Gasteiger partial charge in [-0.05, 0) is 49.8 Å². The number of carbonyl (C=O) groups is 2. The van der Waals surface area contributed by atoms with Gasteiger partial charge in [0.15, 0.2) is 0 Å². The van der Waals surface area contributed by atoms with Gasteiger partial charge in [0.25, 0.3) is 0 Å². The van der Waals surface area contributed by atoms with Crippen LogP contribution < -0.4 is 15.4 Å². The van der Waals surface area contributed by atoms with Gasteiger partial charge in [-0.2, -0.15) is 0 Å². The fraction of sp³-hybridized carbons (Fsp3) is 0.600. The Morgan fingerprint density at radius 3 is 2.36 bits per heavy atom. The summed E-state index contributed by atoms with van der Waals surface area (Å²) in [5.74, 6) is 0.639. The number of hydrogen-bond acceptors (Lipinski definition) is 3. The largest absolute Gasteiger partial charge is 0.497 e. The van der Waals surface area contributed by atoms with Crippen LogP contribution in [0.3, 0.4) is 0 Å². The number of nitrogens with one attached hydrogen (secondary N) is 2. The Bertz CT molecular complexity index is 602.